The largest absolute Gasteiger partial charge is 0.467 e. The second-order valence-corrected chi connectivity index (χ2v) is 3.10. The van der Waals surface area contributed by atoms with Crippen LogP contribution >= 0.6 is 0 Å². The molecule has 0 aliphatic rings. The van der Waals surface area contributed by atoms with E-state index in [1.54, 1.807) is 13.8 Å². The van der Waals surface area contributed by atoms with Crippen LogP contribution < -0.4 is 10.5 Å². The SMILES string of the molecule is COc1nc(N)nc(-n2nc(C)nc2C)n1. The highest BCUT2D eigenvalue weighted by atomic mass is 16.5. The number of ether oxygens (including phenoxy) is 1. The maximum Gasteiger partial charge on any atom is 0.322 e. The number of nitrogens with zero attached hydrogens (tertiary/aromatic N) is 6. The molecule has 0 saturated carbocycles. The number of anilines is 1. The highest BCUT2D eigenvalue weighted by Gasteiger charge is 2.11. The van der Waals surface area contributed by atoms with Gasteiger partial charge in [-0.3, -0.25) is 0 Å². The molecule has 8 nitrogen and oxygen atoms in total. The predicted molar refractivity (Wildman–Crippen MR) is 55.2 cm³/mol. The van der Waals surface area contributed by atoms with E-state index in [1.807, 2.05) is 0 Å². The number of nitrogen functional groups attached to an aromatic ring is 1. The van der Waals surface area contributed by atoms with E-state index < -0.39 is 0 Å². The molecule has 0 bridgehead atoms. The van der Waals surface area contributed by atoms with Crippen LogP contribution in [0.15, 0.2) is 0 Å². The molecule has 0 aromatic carbocycles. The van der Waals surface area contributed by atoms with Crippen molar-refractivity contribution in [2.24, 2.45) is 0 Å². The summed E-state index contributed by atoms with van der Waals surface area (Å²) in [7, 11) is 1.46. The summed E-state index contributed by atoms with van der Waals surface area (Å²) < 4.78 is 6.38. The minimum Gasteiger partial charge on any atom is -0.467 e. The third-order valence-corrected chi connectivity index (χ3v) is 1.87. The van der Waals surface area contributed by atoms with Gasteiger partial charge < -0.3 is 10.5 Å². The maximum absolute atomic E-state index is 5.53. The van der Waals surface area contributed by atoms with E-state index in [-0.39, 0.29) is 12.0 Å². The standard InChI is InChI=1S/C8H11N7O/c1-4-10-5(2)15(14-4)7-11-6(9)12-8(13-7)16-3/h1-3H3,(H2,9,11,12,13). The molecule has 16 heavy (non-hydrogen) atoms. The van der Waals surface area contributed by atoms with Gasteiger partial charge in [-0.05, 0) is 13.8 Å². The number of hydrogen-bond acceptors (Lipinski definition) is 7. The summed E-state index contributed by atoms with van der Waals surface area (Å²) in [5.41, 5.74) is 5.53. The van der Waals surface area contributed by atoms with Crippen molar-refractivity contribution >= 4 is 5.95 Å². The topological polar surface area (TPSA) is 105 Å². The Labute approximate surface area is 91.5 Å². The molecule has 2 N–H and O–H groups in total. The molecule has 0 aliphatic carbocycles. The average molecular weight is 221 g/mol. The first kappa shape index (κ1) is 10.3. The summed E-state index contributed by atoms with van der Waals surface area (Å²) >= 11 is 0. The zero-order valence-electron chi connectivity index (χ0n) is 9.17. The molecule has 0 amide bonds. The molecule has 84 valence electrons. The molecule has 2 heterocycles. The van der Waals surface area contributed by atoms with Crippen LogP contribution in [0.5, 0.6) is 6.01 Å². The van der Waals surface area contributed by atoms with Crippen LogP contribution in [0.4, 0.5) is 5.95 Å². The highest BCUT2D eigenvalue weighted by molar-refractivity contribution is 5.25. The van der Waals surface area contributed by atoms with Crippen molar-refractivity contribution in [3.63, 3.8) is 0 Å². The van der Waals surface area contributed by atoms with Gasteiger partial charge in [-0.1, -0.05) is 0 Å². The lowest BCUT2D eigenvalue weighted by molar-refractivity contribution is 0.377. The monoisotopic (exact) mass is 221 g/mol. The van der Waals surface area contributed by atoms with Gasteiger partial charge in [-0.25, -0.2) is 4.98 Å². The normalized spacial score (nSPS) is 10.4. The minimum atomic E-state index is 0.0782. The Hall–Kier alpha value is -2.25. The molecular weight excluding hydrogens is 210 g/mol. The van der Waals surface area contributed by atoms with Crippen molar-refractivity contribution in [1.82, 2.24) is 29.7 Å². The second-order valence-electron chi connectivity index (χ2n) is 3.10. The summed E-state index contributed by atoms with van der Waals surface area (Å²) in [6.07, 6.45) is 0. The third kappa shape index (κ3) is 1.76. The minimum absolute atomic E-state index is 0.0782. The molecular formula is C8H11N7O. The van der Waals surface area contributed by atoms with Crippen molar-refractivity contribution in [3.8, 4) is 12.0 Å². The lowest BCUT2D eigenvalue weighted by Gasteiger charge is -2.03. The van der Waals surface area contributed by atoms with E-state index in [1.165, 1.54) is 11.8 Å². The average Bonchev–Trinajstić information content (AvgIpc) is 2.57. The van der Waals surface area contributed by atoms with Gasteiger partial charge in [-0.15, -0.1) is 5.10 Å². The number of methoxy groups -OCH3 is 1. The Morgan fingerprint density at radius 2 is 1.88 bits per heavy atom. The third-order valence-electron chi connectivity index (χ3n) is 1.87. The van der Waals surface area contributed by atoms with Crippen LogP contribution in [-0.4, -0.2) is 36.8 Å². The Balaban J connectivity index is 2.55. The number of nitrogens with two attached hydrogens (primary N) is 1. The lowest BCUT2D eigenvalue weighted by atomic mass is 10.7. The zero-order valence-corrected chi connectivity index (χ0v) is 9.17. The highest BCUT2D eigenvalue weighted by Crippen LogP contribution is 2.09. The van der Waals surface area contributed by atoms with Crippen molar-refractivity contribution < 1.29 is 4.74 Å². The van der Waals surface area contributed by atoms with E-state index in [0.717, 1.165) is 0 Å². The van der Waals surface area contributed by atoms with Gasteiger partial charge >= 0.3 is 6.01 Å². The first-order valence-electron chi connectivity index (χ1n) is 4.56. The molecule has 2 rings (SSSR count). The number of aromatic nitrogens is 6. The molecule has 0 aliphatic heterocycles. The maximum atomic E-state index is 5.53. The van der Waals surface area contributed by atoms with Crippen LogP contribution in [0.25, 0.3) is 5.95 Å². The summed E-state index contributed by atoms with van der Waals surface area (Å²) in [5, 5.41) is 4.14. The van der Waals surface area contributed by atoms with E-state index in [9.17, 15) is 0 Å². The summed E-state index contributed by atoms with van der Waals surface area (Å²) in [5.74, 6) is 1.68. The molecule has 8 heteroatoms. The Morgan fingerprint density at radius 3 is 2.44 bits per heavy atom. The van der Waals surface area contributed by atoms with Crippen molar-refractivity contribution in [2.75, 3.05) is 12.8 Å². The van der Waals surface area contributed by atoms with Crippen LogP contribution in [0.3, 0.4) is 0 Å². The van der Waals surface area contributed by atoms with Gasteiger partial charge in [0.15, 0.2) is 0 Å². The van der Waals surface area contributed by atoms with Crippen LogP contribution in [-0.2, 0) is 0 Å². The van der Waals surface area contributed by atoms with E-state index in [0.29, 0.717) is 17.6 Å². The quantitative estimate of drug-likeness (QED) is 0.739. The van der Waals surface area contributed by atoms with Gasteiger partial charge in [0, 0.05) is 0 Å². The number of aryl methyl sites for hydroxylation is 2. The van der Waals surface area contributed by atoms with E-state index in [2.05, 4.69) is 25.0 Å². The molecule has 0 fully saturated rings. The number of rotatable bonds is 2. The van der Waals surface area contributed by atoms with E-state index in [4.69, 9.17) is 10.5 Å². The van der Waals surface area contributed by atoms with E-state index >= 15 is 0 Å². The molecule has 2 aromatic heterocycles. The van der Waals surface area contributed by atoms with Crippen molar-refractivity contribution in [1.29, 1.82) is 0 Å². The first-order valence-corrected chi connectivity index (χ1v) is 4.56. The van der Waals surface area contributed by atoms with Gasteiger partial charge in [-0.2, -0.15) is 19.6 Å². The van der Waals surface area contributed by atoms with Crippen LogP contribution in [0, 0.1) is 13.8 Å². The Morgan fingerprint density at radius 1 is 1.12 bits per heavy atom. The van der Waals surface area contributed by atoms with Gasteiger partial charge in [0.25, 0.3) is 5.95 Å². The van der Waals surface area contributed by atoms with Crippen molar-refractivity contribution in [3.05, 3.63) is 11.6 Å². The van der Waals surface area contributed by atoms with Gasteiger partial charge in [0.1, 0.15) is 11.6 Å². The molecule has 0 radical (unpaired) electrons. The predicted octanol–water partition coefficient (Wildman–Crippen LogP) is -0.340. The Bertz CT molecular complexity index is 521. The molecule has 0 atom stereocenters. The molecule has 0 saturated heterocycles. The fraction of sp³-hybridized carbons (Fsp3) is 0.375. The Kier molecular flexibility index (Phi) is 2.39. The molecule has 0 unspecified atom stereocenters. The molecule has 0 spiro atoms. The fourth-order valence-electron chi connectivity index (χ4n) is 1.26. The van der Waals surface area contributed by atoms with Gasteiger partial charge in [0.05, 0.1) is 7.11 Å². The summed E-state index contributed by atoms with van der Waals surface area (Å²) in [6, 6.07) is 0.148. The first-order chi connectivity index (χ1) is 7.60. The summed E-state index contributed by atoms with van der Waals surface area (Å²) in [4.78, 5) is 15.9. The lowest BCUT2D eigenvalue weighted by Crippen LogP contribution is -2.10. The van der Waals surface area contributed by atoms with Gasteiger partial charge in [0.2, 0.25) is 5.95 Å². The van der Waals surface area contributed by atoms with Crippen molar-refractivity contribution in [2.45, 2.75) is 13.8 Å². The number of hydrogen-bond donors (Lipinski definition) is 1. The summed E-state index contributed by atoms with van der Waals surface area (Å²) in [6.45, 7) is 3.58. The smallest absolute Gasteiger partial charge is 0.322 e. The zero-order chi connectivity index (χ0) is 11.7. The van der Waals surface area contributed by atoms with Crippen LogP contribution in [0.1, 0.15) is 11.6 Å². The van der Waals surface area contributed by atoms with Crippen LogP contribution in [0.2, 0.25) is 0 Å². The fourth-order valence-corrected chi connectivity index (χ4v) is 1.26. The molecule has 2 aromatic rings. The second kappa shape index (κ2) is 3.72.